The maximum absolute atomic E-state index is 12.2. The summed E-state index contributed by atoms with van der Waals surface area (Å²) in [7, 11) is 1.68. The van der Waals surface area contributed by atoms with Crippen molar-refractivity contribution in [1.82, 2.24) is 9.88 Å². The van der Waals surface area contributed by atoms with Crippen molar-refractivity contribution >= 4 is 17.2 Å². The number of hydrogen-bond acceptors (Lipinski definition) is 6. The van der Waals surface area contributed by atoms with Crippen LogP contribution >= 0.6 is 11.3 Å². The molecule has 1 saturated heterocycles. The SMILES string of the molecule is CN(CC1(O)CCOCC1)C(=O)c1csc(CN)n1. The van der Waals surface area contributed by atoms with Gasteiger partial charge in [-0.25, -0.2) is 4.98 Å². The highest BCUT2D eigenvalue weighted by atomic mass is 32.1. The summed E-state index contributed by atoms with van der Waals surface area (Å²) in [6, 6.07) is 0. The van der Waals surface area contributed by atoms with Crippen LogP contribution in [-0.4, -0.2) is 53.3 Å². The summed E-state index contributed by atoms with van der Waals surface area (Å²) in [4.78, 5) is 17.9. The van der Waals surface area contributed by atoms with Gasteiger partial charge in [0.2, 0.25) is 0 Å². The summed E-state index contributed by atoms with van der Waals surface area (Å²) >= 11 is 1.37. The quantitative estimate of drug-likeness (QED) is 0.826. The number of thiazole rings is 1. The van der Waals surface area contributed by atoms with Gasteiger partial charge < -0.3 is 20.5 Å². The van der Waals surface area contributed by atoms with Gasteiger partial charge in [0.1, 0.15) is 10.7 Å². The summed E-state index contributed by atoms with van der Waals surface area (Å²) in [5.74, 6) is -0.184. The summed E-state index contributed by atoms with van der Waals surface area (Å²) in [5, 5.41) is 12.8. The van der Waals surface area contributed by atoms with E-state index in [1.54, 1.807) is 12.4 Å². The van der Waals surface area contributed by atoms with Gasteiger partial charge in [0.05, 0.1) is 5.60 Å². The third-order valence-corrected chi connectivity index (χ3v) is 4.12. The molecule has 0 radical (unpaired) electrons. The van der Waals surface area contributed by atoms with Crippen LogP contribution in [-0.2, 0) is 11.3 Å². The Kier molecular flexibility index (Phi) is 4.51. The predicted molar refractivity (Wildman–Crippen MR) is 72.0 cm³/mol. The summed E-state index contributed by atoms with van der Waals surface area (Å²) in [5.41, 5.74) is 5.02. The molecule has 2 rings (SSSR count). The predicted octanol–water partition coefficient (Wildman–Crippen LogP) is 0.215. The highest BCUT2D eigenvalue weighted by Crippen LogP contribution is 2.22. The number of ether oxygens (including phenoxy) is 1. The van der Waals surface area contributed by atoms with Gasteiger partial charge in [-0.05, 0) is 0 Å². The fourth-order valence-electron chi connectivity index (χ4n) is 2.12. The Hall–Kier alpha value is -1.02. The topological polar surface area (TPSA) is 88.7 Å². The fourth-order valence-corrected chi connectivity index (χ4v) is 2.77. The van der Waals surface area contributed by atoms with E-state index in [1.807, 2.05) is 0 Å². The molecule has 0 unspecified atom stereocenters. The molecule has 1 aromatic heterocycles. The Bertz CT molecular complexity index is 443. The van der Waals surface area contributed by atoms with Crippen molar-refractivity contribution in [2.24, 2.45) is 5.73 Å². The number of nitrogens with zero attached hydrogens (tertiary/aromatic N) is 2. The third kappa shape index (κ3) is 3.50. The van der Waals surface area contributed by atoms with Gasteiger partial charge in [0.25, 0.3) is 5.91 Å². The van der Waals surface area contributed by atoms with Crippen LogP contribution in [0.1, 0.15) is 28.3 Å². The highest BCUT2D eigenvalue weighted by Gasteiger charge is 2.32. The molecule has 1 aromatic rings. The Morgan fingerprint density at radius 1 is 1.63 bits per heavy atom. The fraction of sp³-hybridized carbons (Fsp3) is 0.667. The number of aliphatic hydroxyl groups is 1. The van der Waals surface area contributed by atoms with E-state index < -0.39 is 5.60 Å². The van der Waals surface area contributed by atoms with Crippen molar-refractivity contribution in [3.05, 3.63) is 16.1 Å². The molecule has 1 aliphatic heterocycles. The van der Waals surface area contributed by atoms with Gasteiger partial charge in [-0.1, -0.05) is 0 Å². The van der Waals surface area contributed by atoms with E-state index in [2.05, 4.69) is 4.98 Å². The summed E-state index contributed by atoms with van der Waals surface area (Å²) in [6.45, 7) is 1.70. The minimum absolute atomic E-state index is 0.184. The second-order valence-corrected chi connectivity index (χ2v) is 5.77. The van der Waals surface area contributed by atoms with Crippen molar-refractivity contribution in [2.45, 2.75) is 25.0 Å². The smallest absolute Gasteiger partial charge is 0.273 e. The monoisotopic (exact) mass is 285 g/mol. The first-order valence-corrected chi connectivity index (χ1v) is 7.12. The zero-order valence-electron chi connectivity index (χ0n) is 11.0. The Morgan fingerprint density at radius 3 is 2.89 bits per heavy atom. The first-order chi connectivity index (χ1) is 9.04. The molecule has 7 heteroatoms. The maximum Gasteiger partial charge on any atom is 0.273 e. The van der Waals surface area contributed by atoms with Crippen LogP contribution in [0.25, 0.3) is 0 Å². The van der Waals surface area contributed by atoms with Gasteiger partial charge in [0.15, 0.2) is 0 Å². The lowest BCUT2D eigenvalue weighted by Crippen LogP contribution is -2.47. The number of likely N-dealkylation sites (N-methyl/N-ethyl adjacent to an activating group) is 1. The zero-order valence-corrected chi connectivity index (χ0v) is 11.8. The number of nitrogens with two attached hydrogens (primary N) is 1. The van der Waals surface area contributed by atoms with Crippen LogP contribution in [0, 0.1) is 0 Å². The van der Waals surface area contributed by atoms with E-state index in [4.69, 9.17) is 10.5 Å². The summed E-state index contributed by atoms with van der Waals surface area (Å²) < 4.78 is 5.22. The first-order valence-electron chi connectivity index (χ1n) is 6.24. The molecule has 1 amide bonds. The average molecular weight is 285 g/mol. The second kappa shape index (κ2) is 5.96. The second-order valence-electron chi connectivity index (χ2n) is 4.83. The van der Waals surface area contributed by atoms with E-state index in [1.165, 1.54) is 16.2 Å². The van der Waals surface area contributed by atoms with E-state index in [9.17, 15) is 9.90 Å². The number of amides is 1. The lowest BCUT2D eigenvalue weighted by atomic mass is 9.94. The van der Waals surface area contributed by atoms with Crippen LogP contribution in [0.4, 0.5) is 0 Å². The Morgan fingerprint density at radius 2 is 2.32 bits per heavy atom. The molecular formula is C12H19N3O3S. The summed E-state index contributed by atoms with van der Waals surface area (Å²) in [6.07, 6.45) is 1.10. The first kappa shape index (κ1) is 14.4. The molecule has 2 heterocycles. The molecule has 3 N–H and O–H groups in total. The van der Waals surface area contributed by atoms with Crippen LogP contribution in [0.5, 0.6) is 0 Å². The number of aromatic nitrogens is 1. The van der Waals surface area contributed by atoms with Crippen LogP contribution < -0.4 is 5.73 Å². The third-order valence-electron chi connectivity index (χ3n) is 3.25. The standard InChI is InChI=1S/C12H19N3O3S/c1-15(8-12(17)2-4-18-5-3-12)11(16)9-7-19-10(6-13)14-9/h7,17H,2-6,8,13H2,1H3. The molecule has 19 heavy (non-hydrogen) atoms. The van der Waals surface area contributed by atoms with Gasteiger partial charge in [0, 0.05) is 51.6 Å². The lowest BCUT2D eigenvalue weighted by Gasteiger charge is -2.35. The van der Waals surface area contributed by atoms with Crippen molar-refractivity contribution in [1.29, 1.82) is 0 Å². The van der Waals surface area contributed by atoms with Gasteiger partial charge in [-0.15, -0.1) is 11.3 Å². The number of hydrogen-bond donors (Lipinski definition) is 2. The Labute approximate surface area is 116 Å². The van der Waals surface area contributed by atoms with Crippen LogP contribution in [0.15, 0.2) is 5.38 Å². The number of carbonyl (C=O) groups is 1. The van der Waals surface area contributed by atoms with Crippen LogP contribution in [0.3, 0.4) is 0 Å². The number of rotatable bonds is 4. The normalized spacial score (nSPS) is 18.3. The molecule has 1 fully saturated rings. The molecule has 0 aliphatic carbocycles. The molecule has 0 bridgehead atoms. The van der Waals surface area contributed by atoms with Gasteiger partial charge in [-0.2, -0.15) is 0 Å². The number of carbonyl (C=O) groups excluding carboxylic acids is 1. The van der Waals surface area contributed by atoms with Crippen molar-refractivity contribution in [2.75, 3.05) is 26.8 Å². The largest absolute Gasteiger partial charge is 0.388 e. The van der Waals surface area contributed by atoms with Crippen molar-refractivity contribution in [3.63, 3.8) is 0 Å². The molecule has 6 nitrogen and oxygen atoms in total. The maximum atomic E-state index is 12.2. The minimum atomic E-state index is -0.852. The van der Waals surface area contributed by atoms with Crippen molar-refractivity contribution < 1.29 is 14.6 Å². The molecule has 1 aliphatic rings. The Balaban J connectivity index is 1.98. The molecular weight excluding hydrogens is 266 g/mol. The molecule has 0 aromatic carbocycles. The average Bonchev–Trinajstić information content (AvgIpc) is 2.86. The zero-order chi connectivity index (χ0) is 13.9. The van der Waals surface area contributed by atoms with Gasteiger partial charge >= 0.3 is 0 Å². The van der Waals surface area contributed by atoms with E-state index in [0.717, 1.165) is 5.01 Å². The minimum Gasteiger partial charge on any atom is -0.388 e. The van der Waals surface area contributed by atoms with E-state index in [-0.39, 0.29) is 5.91 Å². The molecule has 0 saturated carbocycles. The van der Waals surface area contributed by atoms with Gasteiger partial charge in [-0.3, -0.25) is 4.79 Å². The lowest BCUT2D eigenvalue weighted by molar-refractivity contribution is -0.0734. The van der Waals surface area contributed by atoms with E-state index in [0.29, 0.717) is 44.8 Å². The van der Waals surface area contributed by atoms with E-state index >= 15 is 0 Å². The highest BCUT2D eigenvalue weighted by molar-refractivity contribution is 7.09. The van der Waals surface area contributed by atoms with Crippen molar-refractivity contribution in [3.8, 4) is 0 Å². The molecule has 0 atom stereocenters. The van der Waals surface area contributed by atoms with Crippen LogP contribution in [0.2, 0.25) is 0 Å². The molecule has 0 spiro atoms. The molecule has 106 valence electrons.